The summed E-state index contributed by atoms with van der Waals surface area (Å²) in [4.78, 5) is 16.7. The maximum atomic E-state index is 12.3. The summed E-state index contributed by atoms with van der Waals surface area (Å²) in [5.41, 5.74) is 5.87. The van der Waals surface area contributed by atoms with Crippen molar-refractivity contribution in [2.75, 3.05) is 14.2 Å². The number of thiazole rings is 1. The number of carbonyl (C=O) groups is 1. The zero-order chi connectivity index (χ0) is 19.9. The highest BCUT2D eigenvalue weighted by atomic mass is 32.1. The normalized spacial score (nSPS) is 10.8. The van der Waals surface area contributed by atoms with E-state index in [-0.39, 0.29) is 5.91 Å². The lowest BCUT2D eigenvalue weighted by atomic mass is 10.1. The molecule has 0 saturated heterocycles. The Hall–Kier alpha value is -3.19. The van der Waals surface area contributed by atoms with Crippen molar-refractivity contribution in [3.63, 3.8) is 0 Å². The fourth-order valence-electron chi connectivity index (χ4n) is 2.55. The van der Waals surface area contributed by atoms with Crippen LogP contribution in [-0.2, 0) is 6.42 Å². The van der Waals surface area contributed by atoms with E-state index in [0.717, 1.165) is 22.6 Å². The van der Waals surface area contributed by atoms with Gasteiger partial charge in [-0.3, -0.25) is 4.79 Å². The molecule has 3 aromatic rings. The van der Waals surface area contributed by atoms with Crippen LogP contribution in [0.5, 0.6) is 11.5 Å². The molecule has 6 nitrogen and oxygen atoms in total. The van der Waals surface area contributed by atoms with Crippen LogP contribution in [0, 0.1) is 0 Å². The van der Waals surface area contributed by atoms with E-state index in [0.29, 0.717) is 17.2 Å². The molecule has 7 heteroatoms. The van der Waals surface area contributed by atoms with Gasteiger partial charge in [-0.05, 0) is 35.7 Å². The molecule has 0 aliphatic rings. The van der Waals surface area contributed by atoms with Crippen molar-refractivity contribution in [1.82, 2.24) is 10.4 Å². The monoisotopic (exact) mass is 395 g/mol. The molecule has 1 N–H and O–H groups in total. The Labute approximate surface area is 167 Å². The molecule has 2 aromatic carbocycles. The Kier molecular flexibility index (Phi) is 6.39. The van der Waals surface area contributed by atoms with Gasteiger partial charge in [-0.25, -0.2) is 10.4 Å². The molecule has 3 rings (SSSR count). The van der Waals surface area contributed by atoms with E-state index in [1.165, 1.54) is 23.1 Å². The average molecular weight is 395 g/mol. The zero-order valence-corrected chi connectivity index (χ0v) is 16.7. The quantitative estimate of drug-likeness (QED) is 0.482. The van der Waals surface area contributed by atoms with Crippen molar-refractivity contribution >= 4 is 23.5 Å². The first kappa shape index (κ1) is 19.6. The molecule has 0 spiro atoms. The topological polar surface area (TPSA) is 72.8 Å². The van der Waals surface area contributed by atoms with Gasteiger partial charge in [-0.15, -0.1) is 11.3 Å². The molecule has 0 unspecified atom stereocenters. The molecule has 1 aromatic heterocycles. The fraction of sp³-hybridized carbons (Fsp3) is 0.190. The van der Waals surface area contributed by atoms with Gasteiger partial charge >= 0.3 is 0 Å². The molecule has 144 valence electrons. The molecule has 0 atom stereocenters. The molecule has 28 heavy (non-hydrogen) atoms. The van der Waals surface area contributed by atoms with Crippen molar-refractivity contribution in [3.8, 4) is 22.1 Å². The first-order valence-corrected chi connectivity index (χ1v) is 9.62. The SMILES string of the molecule is CCc1ccc(-c2nc(C(=O)N/N=C\c3ccc(OC)c(OC)c3)cs2)cc1. The summed E-state index contributed by atoms with van der Waals surface area (Å²) in [6, 6.07) is 13.6. The summed E-state index contributed by atoms with van der Waals surface area (Å²) < 4.78 is 10.4. The highest BCUT2D eigenvalue weighted by molar-refractivity contribution is 7.13. The van der Waals surface area contributed by atoms with E-state index in [4.69, 9.17) is 9.47 Å². The molecular formula is C21H21N3O3S. The van der Waals surface area contributed by atoms with Gasteiger partial charge in [0.15, 0.2) is 11.5 Å². The van der Waals surface area contributed by atoms with Crippen LogP contribution in [0.2, 0.25) is 0 Å². The van der Waals surface area contributed by atoms with Crippen LogP contribution >= 0.6 is 11.3 Å². The molecular weight excluding hydrogens is 374 g/mol. The summed E-state index contributed by atoms with van der Waals surface area (Å²) >= 11 is 1.43. The summed E-state index contributed by atoms with van der Waals surface area (Å²) in [6.07, 6.45) is 2.53. The molecule has 0 fully saturated rings. The van der Waals surface area contributed by atoms with Gasteiger partial charge in [0.2, 0.25) is 0 Å². The first-order chi connectivity index (χ1) is 13.6. The number of methoxy groups -OCH3 is 2. The predicted molar refractivity (Wildman–Crippen MR) is 112 cm³/mol. The second-order valence-electron chi connectivity index (χ2n) is 5.90. The highest BCUT2D eigenvalue weighted by Crippen LogP contribution is 2.27. The number of rotatable bonds is 7. The van der Waals surface area contributed by atoms with Crippen LogP contribution in [0.1, 0.15) is 28.5 Å². The van der Waals surface area contributed by atoms with Gasteiger partial charge in [0, 0.05) is 10.9 Å². The van der Waals surface area contributed by atoms with E-state index in [1.54, 1.807) is 31.7 Å². The van der Waals surface area contributed by atoms with Crippen LogP contribution in [0.15, 0.2) is 52.9 Å². The van der Waals surface area contributed by atoms with Gasteiger partial charge in [-0.1, -0.05) is 31.2 Å². The second kappa shape index (κ2) is 9.14. The third-order valence-electron chi connectivity index (χ3n) is 4.13. The number of nitrogens with zero attached hydrogens (tertiary/aromatic N) is 2. The number of nitrogens with one attached hydrogen (secondary N) is 1. The van der Waals surface area contributed by atoms with Gasteiger partial charge in [-0.2, -0.15) is 5.10 Å². The number of amides is 1. The van der Waals surface area contributed by atoms with Crippen LogP contribution in [0.25, 0.3) is 10.6 Å². The Morgan fingerprint density at radius 2 is 1.89 bits per heavy atom. The molecule has 0 aliphatic carbocycles. The van der Waals surface area contributed by atoms with Gasteiger partial charge < -0.3 is 9.47 Å². The first-order valence-electron chi connectivity index (χ1n) is 8.75. The fourth-order valence-corrected chi connectivity index (χ4v) is 3.36. The van der Waals surface area contributed by atoms with Crippen LogP contribution in [-0.4, -0.2) is 31.3 Å². The van der Waals surface area contributed by atoms with Crippen molar-refractivity contribution in [2.45, 2.75) is 13.3 Å². The van der Waals surface area contributed by atoms with E-state index < -0.39 is 0 Å². The largest absolute Gasteiger partial charge is 0.493 e. The Morgan fingerprint density at radius 1 is 1.14 bits per heavy atom. The minimum absolute atomic E-state index is 0.337. The van der Waals surface area contributed by atoms with Gasteiger partial charge in [0.25, 0.3) is 5.91 Å². The van der Waals surface area contributed by atoms with E-state index in [9.17, 15) is 4.79 Å². The third-order valence-corrected chi connectivity index (χ3v) is 5.02. The van der Waals surface area contributed by atoms with Crippen LogP contribution in [0.4, 0.5) is 0 Å². The third kappa shape index (κ3) is 4.55. The predicted octanol–water partition coefficient (Wildman–Crippen LogP) is 4.15. The lowest BCUT2D eigenvalue weighted by Gasteiger charge is -2.07. The molecule has 0 radical (unpaired) electrons. The zero-order valence-electron chi connectivity index (χ0n) is 15.9. The Balaban J connectivity index is 1.65. The number of benzene rings is 2. The maximum Gasteiger partial charge on any atom is 0.290 e. The highest BCUT2D eigenvalue weighted by Gasteiger charge is 2.11. The molecule has 0 aliphatic heterocycles. The molecule has 0 bridgehead atoms. The summed E-state index contributed by atoms with van der Waals surface area (Å²) in [5, 5.41) is 6.53. The van der Waals surface area contributed by atoms with E-state index >= 15 is 0 Å². The summed E-state index contributed by atoms with van der Waals surface area (Å²) in [7, 11) is 3.14. The van der Waals surface area contributed by atoms with Crippen molar-refractivity contribution < 1.29 is 14.3 Å². The molecule has 1 amide bonds. The number of hydrazone groups is 1. The standard InChI is InChI=1S/C21H21N3O3S/c1-4-14-5-8-16(9-6-14)21-23-17(13-28-21)20(25)24-22-12-15-7-10-18(26-2)19(11-15)27-3/h5-13H,4H2,1-3H3,(H,24,25)/b22-12-. The Bertz CT molecular complexity index is 981. The molecule has 1 heterocycles. The average Bonchev–Trinajstić information content (AvgIpc) is 3.24. The minimum Gasteiger partial charge on any atom is -0.493 e. The van der Waals surface area contributed by atoms with Crippen molar-refractivity contribution in [3.05, 3.63) is 64.7 Å². The van der Waals surface area contributed by atoms with Gasteiger partial charge in [0.05, 0.1) is 20.4 Å². The lowest BCUT2D eigenvalue weighted by molar-refractivity contribution is 0.0951. The van der Waals surface area contributed by atoms with Gasteiger partial charge in [0.1, 0.15) is 10.7 Å². The molecule has 0 saturated carbocycles. The Morgan fingerprint density at radius 3 is 2.57 bits per heavy atom. The van der Waals surface area contributed by atoms with E-state index in [2.05, 4.69) is 34.6 Å². The summed E-state index contributed by atoms with van der Waals surface area (Å²) in [6.45, 7) is 2.11. The smallest absolute Gasteiger partial charge is 0.290 e. The van der Waals surface area contributed by atoms with Crippen LogP contribution < -0.4 is 14.9 Å². The second-order valence-corrected chi connectivity index (χ2v) is 6.76. The van der Waals surface area contributed by atoms with E-state index in [1.807, 2.05) is 18.2 Å². The van der Waals surface area contributed by atoms with Crippen molar-refractivity contribution in [1.29, 1.82) is 0 Å². The number of carbonyl (C=O) groups excluding carboxylic acids is 1. The number of hydrogen-bond acceptors (Lipinski definition) is 6. The minimum atomic E-state index is -0.357. The summed E-state index contributed by atoms with van der Waals surface area (Å²) in [5.74, 6) is 0.867. The number of hydrogen-bond donors (Lipinski definition) is 1. The van der Waals surface area contributed by atoms with Crippen molar-refractivity contribution in [2.24, 2.45) is 5.10 Å². The number of ether oxygens (including phenoxy) is 2. The number of aryl methyl sites for hydroxylation is 1. The maximum absolute atomic E-state index is 12.3. The lowest BCUT2D eigenvalue weighted by Crippen LogP contribution is -2.17. The number of aromatic nitrogens is 1. The van der Waals surface area contributed by atoms with Crippen LogP contribution in [0.3, 0.4) is 0 Å².